The largest absolute Gasteiger partial charge is 0.455 e. The Hall–Kier alpha value is -16.7. The number of hydrogen-bond acceptors (Lipinski definition) is 3. The first kappa shape index (κ1) is 58.3. The normalized spacial score (nSPS) is 13.4. The van der Waals surface area contributed by atoms with Gasteiger partial charge in [-0.15, -0.1) is 0 Å². The minimum Gasteiger partial charge on any atom is -0.455 e. The van der Waals surface area contributed by atoms with E-state index >= 15 is 0 Å². The van der Waals surface area contributed by atoms with E-state index in [4.69, 9.17) is 4.42 Å². The Labute approximate surface area is 752 Å². The third kappa shape index (κ3) is 12.4. The molecule has 0 aliphatic rings. The van der Waals surface area contributed by atoms with E-state index in [0.29, 0.717) is 61.0 Å². The van der Waals surface area contributed by atoms with Crippen molar-refractivity contribution in [2.75, 3.05) is 9.80 Å². The van der Waals surface area contributed by atoms with Crippen molar-refractivity contribution < 1.29 is 26.3 Å². The number of furan rings is 1. The van der Waals surface area contributed by atoms with Gasteiger partial charge < -0.3 is 18.8 Å². The summed E-state index contributed by atoms with van der Waals surface area (Å²) in [4.78, 5) is 2.86. The van der Waals surface area contributed by atoms with Crippen LogP contribution in [0.1, 0.15) is 21.9 Å². The standard InChI is InChI=1S/C64H41NO.C58H38N2/c1-3-17-42(18-4-1)50-29-15-31-58-59-32-16-30-51(64(59)66-63(50)58)43-33-37-47(38-34-43)65(60-41-46-21-7-8-22-49(46)52-23-9-12-26-55(52)60)48-39-35-45(36-40-48)62-57-28-14-11-25-54(57)53-24-10-13-27-56(53)61(62)44-19-5-2-6-20-44;1-2-16-39(17-3-1)57-52-26-10-7-21-47(52)48-22-8-11-27-53(48)58(57)40-30-32-42(33-31-40)59(56-38-41-18-4-5-19-45(41)46-20-6-9-23-49(46)56)43-34-36-44(37-35-43)60-54-28-14-12-24-50(54)51-25-13-15-29-55(51)60/h1-41H;1-38H/i33D,34D,35D,36D,37D,38D,39D,40D;30D,31D,32D,33D,34D,35D,36D,37D. The van der Waals surface area contributed by atoms with Gasteiger partial charge in [0.1, 0.15) is 11.2 Å². The summed E-state index contributed by atoms with van der Waals surface area (Å²) in [5.41, 5.74) is 9.10. The minimum atomic E-state index is -0.441. The molecule has 0 N–H and O–H groups in total. The second-order valence-corrected chi connectivity index (χ2v) is 31.5. The predicted octanol–water partition coefficient (Wildman–Crippen LogP) is 34.5. The molecule has 126 heavy (non-hydrogen) atoms. The second-order valence-electron chi connectivity index (χ2n) is 31.5. The van der Waals surface area contributed by atoms with Gasteiger partial charge in [0.05, 0.1) is 44.3 Å². The number of aromatic nitrogens is 1. The van der Waals surface area contributed by atoms with Crippen LogP contribution in [-0.2, 0) is 0 Å². The zero-order valence-corrected chi connectivity index (χ0v) is 67.6. The fourth-order valence-electron chi connectivity index (χ4n) is 18.9. The van der Waals surface area contributed by atoms with Gasteiger partial charge in [-0.1, -0.05) is 394 Å². The predicted molar refractivity (Wildman–Crippen MR) is 537 cm³/mol. The number of anilines is 6. The average molecular weight is 1620 g/mol. The van der Waals surface area contributed by atoms with E-state index in [1.807, 2.05) is 364 Å². The van der Waals surface area contributed by atoms with E-state index in [2.05, 4.69) is 12.1 Å². The highest BCUT2D eigenvalue weighted by Gasteiger charge is 2.26. The lowest BCUT2D eigenvalue weighted by molar-refractivity contribution is 0.671. The first-order valence-electron chi connectivity index (χ1n) is 50.1. The Bertz CT molecular complexity index is 9500. The molecule has 0 atom stereocenters. The lowest BCUT2D eigenvalue weighted by Crippen LogP contribution is -2.11. The SMILES string of the molecule is [2H]c1c([2H])c(N(c2c([2H])c([2H])c(-c3cccc4c3oc3c(-c5ccccc5)cccc34)c([2H])c2[2H])c2cc3ccccc3c3ccccc23)c([2H])c([2H])c1-c1c(-c2ccccc2)c2ccccc2c2ccccc12.[2H]c1c([2H])c(N(c2c([2H])c([2H])c(-n3c4ccccc4c4ccccc43)c([2H])c2[2H])c2cc3ccccc3c3ccccc23)c([2H])c([2H])c1-c1c(-c2ccccc2)c2ccccc2c2ccccc12. The van der Waals surface area contributed by atoms with Crippen LogP contribution in [0.15, 0.2) is 483 Å². The summed E-state index contributed by atoms with van der Waals surface area (Å²) in [6, 6.07) is 117. The van der Waals surface area contributed by atoms with Gasteiger partial charge in [0.25, 0.3) is 0 Å². The summed E-state index contributed by atoms with van der Waals surface area (Å²) >= 11 is 0. The molecule has 0 bridgehead atoms. The molecule has 25 rings (SSSR count). The molecule has 0 amide bonds. The maximum atomic E-state index is 10.2. The summed E-state index contributed by atoms with van der Waals surface area (Å²) < 4.78 is 169. The maximum absolute atomic E-state index is 10.2. The molecule has 23 aromatic carbocycles. The first-order valence-corrected chi connectivity index (χ1v) is 42.1. The van der Waals surface area contributed by atoms with Gasteiger partial charge in [0, 0.05) is 71.9 Å². The van der Waals surface area contributed by atoms with Crippen LogP contribution >= 0.6 is 0 Å². The van der Waals surface area contributed by atoms with Gasteiger partial charge in [-0.05, 0) is 216 Å². The van der Waals surface area contributed by atoms with Gasteiger partial charge in [-0.25, -0.2) is 0 Å². The summed E-state index contributed by atoms with van der Waals surface area (Å²) in [5.74, 6) is 0. The average Bonchev–Trinajstić information content (AvgIpc) is 0.983. The van der Waals surface area contributed by atoms with E-state index in [1.54, 1.807) is 10.6 Å². The molecule has 588 valence electrons. The molecule has 4 nitrogen and oxygen atoms in total. The van der Waals surface area contributed by atoms with Crippen LogP contribution < -0.4 is 9.80 Å². The van der Waals surface area contributed by atoms with Crippen molar-refractivity contribution in [3.8, 4) is 72.4 Å². The Balaban J connectivity index is 0.000000154. The van der Waals surface area contributed by atoms with E-state index in [-0.39, 0.29) is 93.5 Å². The number of nitrogens with zero attached hydrogens (tertiary/aromatic N) is 3. The first-order chi connectivity index (χ1) is 69.3. The monoisotopic (exact) mass is 1620 g/mol. The van der Waals surface area contributed by atoms with Crippen molar-refractivity contribution in [1.29, 1.82) is 0 Å². The molecule has 0 unspecified atom stereocenters. The molecule has 0 aliphatic heterocycles. The minimum absolute atomic E-state index is 0.0181. The van der Waals surface area contributed by atoms with Crippen molar-refractivity contribution in [2.24, 2.45) is 0 Å². The highest BCUT2D eigenvalue weighted by molar-refractivity contribution is 6.25. The van der Waals surface area contributed by atoms with Crippen LogP contribution in [0, 0.1) is 0 Å². The van der Waals surface area contributed by atoms with Crippen LogP contribution in [0.4, 0.5) is 34.1 Å². The number of rotatable bonds is 13. The Kier molecular flexibility index (Phi) is 14.3. The number of benzene rings is 23. The van der Waals surface area contributed by atoms with Crippen molar-refractivity contribution in [2.45, 2.75) is 0 Å². The molecule has 25 aromatic rings. The van der Waals surface area contributed by atoms with Crippen molar-refractivity contribution in [3.05, 3.63) is 479 Å². The summed E-state index contributed by atoms with van der Waals surface area (Å²) in [7, 11) is 0. The Morgan fingerprint density at radius 1 is 0.190 bits per heavy atom. The smallest absolute Gasteiger partial charge is 0.143 e. The number of para-hydroxylation sites is 4. The molecule has 0 saturated heterocycles. The zero-order valence-electron chi connectivity index (χ0n) is 83.6. The third-order valence-corrected chi connectivity index (χ3v) is 24.5. The highest BCUT2D eigenvalue weighted by Crippen LogP contribution is 2.52. The van der Waals surface area contributed by atoms with Crippen molar-refractivity contribution >= 4 is 164 Å². The quantitative estimate of drug-likeness (QED) is 0.108. The highest BCUT2D eigenvalue weighted by atomic mass is 16.3. The molecule has 0 radical (unpaired) electrons. The Morgan fingerprint density at radius 2 is 0.452 bits per heavy atom. The van der Waals surface area contributed by atoms with Crippen LogP contribution in [-0.4, -0.2) is 4.57 Å². The van der Waals surface area contributed by atoms with Crippen LogP contribution in [0.5, 0.6) is 0 Å². The van der Waals surface area contributed by atoms with Gasteiger partial charge in [-0.2, -0.15) is 0 Å². The summed E-state index contributed by atoms with van der Waals surface area (Å²) in [6.07, 6.45) is 0. The molecule has 2 heterocycles. The van der Waals surface area contributed by atoms with E-state index in [1.165, 1.54) is 9.80 Å². The topological polar surface area (TPSA) is 24.6 Å². The molecule has 0 saturated carbocycles. The summed E-state index contributed by atoms with van der Waals surface area (Å²) in [5, 5.41) is 16.8. The lowest BCUT2D eigenvalue weighted by atomic mass is 9.85. The molecule has 0 fully saturated rings. The van der Waals surface area contributed by atoms with E-state index < -0.39 is 48.3 Å². The zero-order chi connectivity index (χ0) is 97.1. The fourth-order valence-corrected chi connectivity index (χ4v) is 18.9. The van der Waals surface area contributed by atoms with Gasteiger partial charge in [0.2, 0.25) is 0 Å². The van der Waals surface area contributed by atoms with Crippen molar-refractivity contribution in [1.82, 2.24) is 4.57 Å². The van der Waals surface area contributed by atoms with Gasteiger partial charge >= 0.3 is 0 Å². The van der Waals surface area contributed by atoms with Crippen LogP contribution in [0.3, 0.4) is 0 Å². The molecular weight excluding hydrogens is 1520 g/mol. The fraction of sp³-hybridized carbons (Fsp3) is 0. The van der Waals surface area contributed by atoms with Gasteiger partial charge in [0.15, 0.2) is 0 Å². The maximum Gasteiger partial charge on any atom is 0.143 e. The van der Waals surface area contributed by atoms with E-state index in [0.717, 1.165) is 130 Å². The summed E-state index contributed by atoms with van der Waals surface area (Å²) in [6.45, 7) is 0. The van der Waals surface area contributed by atoms with Gasteiger partial charge in [-0.3, -0.25) is 0 Å². The Morgan fingerprint density at radius 3 is 0.825 bits per heavy atom. The van der Waals surface area contributed by atoms with Crippen LogP contribution in [0.2, 0.25) is 0 Å². The third-order valence-electron chi connectivity index (χ3n) is 24.5. The number of hydrogen-bond donors (Lipinski definition) is 0. The molecule has 4 heteroatoms. The molecule has 0 aliphatic carbocycles. The van der Waals surface area contributed by atoms with Crippen LogP contribution in [0.25, 0.3) is 202 Å². The lowest BCUT2D eigenvalue weighted by Gasteiger charge is -2.28. The molecule has 2 aromatic heterocycles. The van der Waals surface area contributed by atoms with E-state index in [9.17, 15) is 21.9 Å². The molecule has 0 spiro atoms. The molecular formula is C122H79N3O. The second kappa shape index (κ2) is 30.8. The van der Waals surface area contributed by atoms with Crippen molar-refractivity contribution in [3.63, 3.8) is 0 Å². The number of fused-ring (bicyclic) bond motifs is 18.